The third-order valence-electron chi connectivity index (χ3n) is 2.26. The molecule has 1 heterocycles. The van der Waals surface area contributed by atoms with Crippen LogP contribution in [0.5, 0.6) is 0 Å². The summed E-state index contributed by atoms with van der Waals surface area (Å²) in [6.07, 6.45) is 3.50. The Labute approximate surface area is 94.3 Å². The highest BCUT2D eigenvalue weighted by atomic mass is 15.2. The molecule has 0 aliphatic carbocycles. The molecular formula is C13H24N2. The van der Waals surface area contributed by atoms with Gasteiger partial charge in [0.15, 0.2) is 0 Å². The fraction of sp³-hybridized carbons (Fsp3) is 0.615. The van der Waals surface area contributed by atoms with Crippen LogP contribution in [0.25, 0.3) is 0 Å². The van der Waals surface area contributed by atoms with Gasteiger partial charge in [-0.25, -0.2) is 0 Å². The van der Waals surface area contributed by atoms with E-state index in [1.54, 1.807) is 12.4 Å². The molecule has 0 radical (unpaired) electrons. The van der Waals surface area contributed by atoms with Gasteiger partial charge in [0.2, 0.25) is 0 Å². The summed E-state index contributed by atoms with van der Waals surface area (Å²) in [5.41, 5.74) is 0. The maximum Gasteiger partial charge on any atom is 0.0267 e. The normalized spacial score (nSPS) is 10.4. The van der Waals surface area contributed by atoms with Crippen molar-refractivity contribution >= 4 is 0 Å². The molecule has 0 spiro atoms. The fourth-order valence-electron chi connectivity index (χ4n) is 1.64. The largest absolute Gasteiger partial charge is 0.299 e. The van der Waals surface area contributed by atoms with E-state index in [9.17, 15) is 0 Å². The highest BCUT2D eigenvalue weighted by molar-refractivity contribution is 4.88. The molecule has 0 unspecified atom stereocenters. The van der Waals surface area contributed by atoms with Crippen LogP contribution in [0.4, 0.5) is 0 Å². The smallest absolute Gasteiger partial charge is 0.0267 e. The standard InChI is InChI=1S/C8H19N.C5H5N/c1-6-9(7(2)3)8(4)5;1-2-4-6-5-3-1/h7-8H,6H2,1-5H3;1-5H. The van der Waals surface area contributed by atoms with Gasteiger partial charge in [-0.3, -0.25) is 9.88 Å². The van der Waals surface area contributed by atoms with Gasteiger partial charge in [-0.15, -0.1) is 0 Å². The van der Waals surface area contributed by atoms with Crippen molar-refractivity contribution in [1.82, 2.24) is 9.88 Å². The van der Waals surface area contributed by atoms with Crippen LogP contribution >= 0.6 is 0 Å². The molecular weight excluding hydrogens is 184 g/mol. The molecule has 0 atom stereocenters. The minimum Gasteiger partial charge on any atom is -0.299 e. The van der Waals surface area contributed by atoms with Crippen molar-refractivity contribution in [2.24, 2.45) is 0 Å². The molecule has 0 saturated carbocycles. The molecule has 2 heteroatoms. The maximum absolute atomic E-state index is 3.78. The first-order valence-electron chi connectivity index (χ1n) is 5.70. The van der Waals surface area contributed by atoms with Gasteiger partial charge in [-0.2, -0.15) is 0 Å². The van der Waals surface area contributed by atoms with Crippen LogP contribution in [-0.2, 0) is 0 Å². The summed E-state index contributed by atoms with van der Waals surface area (Å²) in [5.74, 6) is 0. The highest BCUT2D eigenvalue weighted by Gasteiger charge is 2.08. The number of hydrogen-bond donors (Lipinski definition) is 0. The second-order valence-electron chi connectivity index (χ2n) is 4.04. The van der Waals surface area contributed by atoms with Crippen LogP contribution in [0.1, 0.15) is 34.6 Å². The lowest BCUT2D eigenvalue weighted by molar-refractivity contribution is 0.185. The second kappa shape index (κ2) is 8.42. The van der Waals surface area contributed by atoms with Gasteiger partial charge in [0.25, 0.3) is 0 Å². The molecule has 0 aliphatic rings. The summed E-state index contributed by atoms with van der Waals surface area (Å²) >= 11 is 0. The Morgan fingerprint density at radius 1 is 0.933 bits per heavy atom. The predicted molar refractivity (Wildman–Crippen MR) is 66.9 cm³/mol. The van der Waals surface area contributed by atoms with Crippen LogP contribution in [0.2, 0.25) is 0 Å². The first-order chi connectivity index (χ1) is 7.09. The van der Waals surface area contributed by atoms with Crippen molar-refractivity contribution in [3.63, 3.8) is 0 Å². The monoisotopic (exact) mass is 208 g/mol. The molecule has 0 N–H and O–H groups in total. The molecule has 2 nitrogen and oxygen atoms in total. The van der Waals surface area contributed by atoms with Gasteiger partial charge >= 0.3 is 0 Å². The average Bonchev–Trinajstić information content (AvgIpc) is 2.21. The lowest BCUT2D eigenvalue weighted by Crippen LogP contribution is -2.36. The third-order valence-corrected chi connectivity index (χ3v) is 2.26. The van der Waals surface area contributed by atoms with Gasteiger partial charge in [0.05, 0.1) is 0 Å². The molecule has 15 heavy (non-hydrogen) atoms. The highest BCUT2D eigenvalue weighted by Crippen LogP contribution is 2.02. The summed E-state index contributed by atoms with van der Waals surface area (Å²) in [7, 11) is 0. The van der Waals surface area contributed by atoms with Crippen LogP contribution in [0, 0.1) is 0 Å². The molecule has 1 aromatic rings. The molecule has 0 saturated heterocycles. The van der Waals surface area contributed by atoms with E-state index >= 15 is 0 Å². The average molecular weight is 208 g/mol. The molecule has 0 aliphatic heterocycles. The number of aromatic nitrogens is 1. The Hall–Kier alpha value is -0.890. The van der Waals surface area contributed by atoms with E-state index < -0.39 is 0 Å². The van der Waals surface area contributed by atoms with E-state index in [4.69, 9.17) is 0 Å². The minimum atomic E-state index is 0.690. The zero-order valence-electron chi connectivity index (χ0n) is 10.6. The summed E-state index contributed by atoms with van der Waals surface area (Å²) in [6, 6.07) is 7.09. The number of pyridine rings is 1. The van der Waals surface area contributed by atoms with Gasteiger partial charge in [-0.05, 0) is 46.4 Å². The summed E-state index contributed by atoms with van der Waals surface area (Å²) in [5, 5.41) is 0. The zero-order chi connectivity index (χ0) is 11.7. The van der Waals surface area contributed by atoms with Crippen molar-refractivity contribution in [2.75, 3.05) is 6.54 Å². The topological polar surface area (TPSA) is 16.1 Å². The first-order valence-corrected chi connectivity index (χ1v) is 5.70. The zero-order valence-corrected chi connectivity index (χ0v) is 10.6. The van der Waals surface area contributed by atoms with Gasteiger partial charge in [-0.1, -0.05) is 13.0 Å². The molecule has 0 bridgehead atoms. The maximum atomic E-state index is 3.78. The Bertz CT molecular complexity index is 185. The predicted octanol–water partition coefficient (Wildman–Crippen LogP) is 3.21. The Morgan fingerprint density at radius 2 is 1.40 bits per heavy atom. The van der Waals surface area contributed by atoms with E-state index in [1.807, 2.05) is 18.2 Å². The van der Waals surface area contributed by atoms with Crippen LogP contribution < -0.4 is 0 Å². The number of rotatable bonds is 3. The molecule has 1 rings (SSSR count). The fourth-order valence-corrected chi connectivity index (χ4v) is 1.64. The third kappa shape index (κ3) is 7.09. The van der Waals surface area contributed by atoms with Crippen molar-refractivity contribution < 1.29 is 0 Å². The molecule has 86 valence electrons. The Kier molecular flexibility index (Phi) is 7.92. The van der Waals surface area contributed by atoms with E-state index in [1.165, 1.54) is 0 Å². The summed E-state index contributed by atoms with van der Waals surface area (Å²) in [4.78, 5) is 6.24. The van der Waals surface area contributed by atoms with Gasteiger partial charge in [0.1, 0.15) is 0 Å². The lowest BCUT2D eigenvalue weighted by atomic mass is 10.2. The molecule has 0 fully saturated rings. The second-order valence-corrected chi connectivity index (χ2v) is 4.04. The molecule has 0 aromatic carbocycles. The van der Waals surface area contributed by atoms with E-state index in [0.717, 1.165) is 6.54 Å². The van der Waals surface area contributed by atoms with Crippen molar-refractivity contribution in [3.05, 3.63) is 30.6 Å². The number of nitrogens with zero attached hydrogens (tertiary/aromatic N) is 2. The molecule has 0 amide bonds. The van der Waals surface area contributed by atoms with Gasteiger partial charge < -0.3 is 0 Å². The van der Waals surface area contributed by atoms with Gasteiger partial charge in [0, 0.05) is 24.5 Å². The minimum absolute atomic E-state index is 0.690. The van der Waals surface area contributed by atoms with Crippen molar-refractivity contribution in [2.45, 2.75) is 46.7 Å². The van der Waals surface area contributed by atoms with Crippen molar-refractivity contribution in [1.29, 1.82) is 0 Å². The Balaban J connectivity index is 0.000000280. The van der Waals surface area contributed by atoms with Crippen LogP contribution in [0.15, 0.2) is 30.6 Å². The van der Waals surface area contributed by atoms with E-state index in [0.29, 0.717) is 12.1 Å². The first kappa shape index (κ1) is 14.1. The van der Waals surface area contributed by atoms with Crippen LogP contribution in [0.3, 0.4) is 0 Å². The van der Waals surface area contributed by atoms with Crippen molar-refractivity contribution in [3.8, 4) is 0 Å². The van der Waals surface area contributed by atoms with E-state index in [2.05, 4.69) is 44.5 Å². The summed E-state index contributed by atoms with van der Waals surface area (Å²) < 4.78 is 0. The van der Waals surface area contributed by atoms with E-state index in [-0.39, 0.29) is 0 Å². The molecule has 1 aromatic heterocycles. The Morgan fingerprint density at radius 3 is 1.47 bits per heavy atom. The summed E-state index contributed by atoms with van der Waals surface area (Å²) in [6.45, 7) is 12.3. The lowest BCUT2D eigenvalue weighted by Gasteiger charge is -2.28. The quantitative estimate of drug-likeness (QED) is 0.758. The number of hydrogen-bond acceptors (Lipinski definition) is 2. The van der Waals surface area contributed by atoms with Crippen LogP contribution in [-0.4, -0.2) is 28.5 Å². The SMILES string of the molecule is CCN(C(C)C)C(C)C.c1ccncc1.